The summed E-state index contributed by atoms with van der Waals surface area (Å²) in [6.07, 6.45) is 0.372. The van der Waals surface area contributed by atoms with Crippen molar-refractivity contribution in [1.82, 2.24) is 24.7 Å². The van der Waals surface area contributed by atoms with E-state index in [0.717, 1.165) is 17.7 Å². The first-order valence-corrected chi connectivity index (χ1v) is 15.9. The van der Waals surface area contributed by atoms with Gasteiger partial charge in [-0.1, -0.05) is 12.1 Å². The lowest BCUT2D eigenvalue weighted by Crippen LogP contribution is -2.55. The Hall–Kier alpha value is -2.75. The maximum absolute atomic E-state index is 13.7. The predicted molar refractivity (Wildman–Crippen MR) is 147 cm³/mol. The number of carbonyl (C=O) groups excluding carboxylic acids is 2. The van der Waals surface area contributed by atoms with Gasteiger partial charge in [0.25, 0.3) is 15.9 Å². The highest BCUT2D eigenvalue weighted by Crippen LogP contribution is 2.31. The van der Waals surface area contributed by atoms with Crippen LogP contribution in [0.4, 0.5) is 4.79 Å². The number of benzene rings is 1. The van der Waals surface area contributed by atoms with E-state index in [1.54, 1.807) is 28.8 Å². The molecule has 2 saturated heterocycles. The van der Waals surface area contributed by atoms with E-state index in [4.69, 9.17) is 4.74 Å². The Morgan fingerprint density at radius 2 is 1.90 bits per heavy atom. The number of rotatable bonds is 8. The van der Waals surface area contributed by atoms with Gasteiger partial charge < -0.3 is 14.7 Å². The summed E-state index contributed by atoms with van der Waals surface area (Å²) >= 11 is 2.99. The molecule has 2 aromatic rings. The number of carboxylic acids is 1. The topological polar surface area (TPSA) is 162 Å². The molecule has 0 bridgehead atoms. The summed E-state index contributed by atoms with van der Waals surface area (Å²) in [7, 11) is -4.58. The second-order valence-electron chi connectivity index (χ2n) is 9.86. The van der Waals surface area contributed by atoms with E-state index in [1.165, 1.54) is 30.8 Å². The van der Waals surface area contributed by atoms with E-state index < -0.39 is 44.9 Å². The third-order valence-electron chi connectivity index (χ3n) is 6.29. The fourth-order valence-corrected chi connectivity index (χ4v) is 8.20. The minimum Gasteiger partial charge on any atom is -0.480 e. The zero-order valence-corrected chi connectivity index (χ0v) is 24.2. The van der Waals surface area contributed by atoms with Crippen molar-refractivity contribution in [1.29, 1.82) is 0 Å². The summed E-state index contributed by atoms with van der Waals surface area (Å²) in [6.45, 7) is 6.40. The third-order valence-corrected chi connectivity index (χ3v) is 10.7. The third kappa shape index (κ3) is 6.70. The molecule has 212 valence electrons. The number of sulfonamides is 1. The Bertz CT molecular complexity index is 1320. The molecule has 0 spiro atoms. The summed E-state index contributed by atoms with van der Waals surface area (Å²) < 4.78 is 33.3. The van der Waals surface area contributed by atoms with Crippen LogP contribution in [0, 0.1) is 6.92 Å². The molecule has 2 amide bonds. The summed E-state index contributed by atoms with van der Waals surface area (Å²) in [5.41, 5.74) is 0.119. The Kier molecular flexibility index (Phi) is 8.83. The van der Waals surface area contributed by atoms with Gasteiger partial charge in [0.1, 0.15) is 22.1 Å². The smallest absolute Gasteiger partial charge is 0.415 e. The van der Waals surface area contributed by atoms with E-state index >= 15 is 0 Å². The maximum atomic E-state index is 13.7. The molecule has 0 saturated carbocycles. The zero-order valence-electron chi connectivity index (χ0n) is 21.7. The van der Waals surface area contributed by atoms with Crippen LogP contribution in [0.1, 0.15) is 25.1 Å². The highest BCUT2D eigenvalue weighted by molar-refractivity contribution is 8.01. The van der Waals surface area contributed by atoms with Crippen molar-refractivity contribution in [2.45, 2.75) is 49.0 Å². The summed E-state index contributed by atoms with van der Waals surface area (Å²) in [5.74, 6) is 0.145. The van der Waals surface area contributed by atoms with Crippen LogP contribution in [0.15, 0.2) is 35.4 Å². The van der Waals surface area contributed by atoms with Crippen molar-refractivity contribution < 1.29 is 32.6 Å². The molecule has 2 fully saturated rings. The van der Waals surface area contributed by atoms with Crippen LogP contribution in [0.5, 0.6) is 5.75 Å². The number of thioether (sulfide) groups is 2. The second-order valence-corrected chi connectivity index (χ2v) is 14.0. The molecule has 3 heterocycles. The highest BCUT2D eigenvalue weighted by atomic mass is 32.2. The monoisotopic (exact) mass is 597 g/mol. The van der Waals surface area contributed by atoms with E-state index in [9.17, 15) is 27.9 Å². The number of H-pyrrole nitrogens is 1. The quantitative estimate of drug-likeness (QED) is 0.408. The Morgan fingerprint density at radius 1 is 1.23 bits per heavy atom. The average molecular weight is 598 g/mol. The van der Waals surface area contributed by atoms with Gasteiger partial charge in [-0.3, -0.25) is 15.2 Å². The Labute approximate surface area is 235 Å². The molecular weight excluding hydrogens is 566 g/mol. The number of carbonyl (C=O) groups is 3. The fraction of sp³-hybridized carbons (Fsp3) is 0.500. The van der Waals surface area contributed by atoms with Crippen molar-refractivity contribution in [3.63, 3.8) is 0 Å². The van der Waals surface area contributed by atoms with Gasteiger partial charge in [-0.05, 0) is 38.5 Å². The molecule has 1 aromatic carbocycles. The molecule has 15 heteroatoms. The molecule has 2 aliphatic heterocycles. The van der Waals surface area contributed by atoms with Crippen LogP contribution in [-0.2, 0) is 26.0 Å². The molecule has 1 aromatic heterocycles. The number of nitrogens with zero attached hydrogens (tertiary/aromatic N) is 3. The minimum absolute atomic E-state index is 0.114. The van der Waals surface area contributed by atoms with E-state index in [2.05, 4.69) is 15.5 Å². The lowest BCUT2D eigenvalue weighted by Gasteiger charge is -2.30. The van der Waals surface area contributed by atoms with Crippen molar-refractivity contribution in [2.75, 3.05) is 30.3 Å². The van der Waals surface area contributed by atoms with Crippen LogP contribution >= 0.6 is 23.5 Å². The zero-order chi connectivity index (χ0) is 28.4. The van der Waals surface area contributed by atoms with Gasteiger partial charge in [0.15, 0.2) is 0 Å². The van der Waals surface area contributed by atoms with Gasteiger partial charge in [0, 0.05) is 48.5 Å². The highest BCUT2D eigenvalue weighted by Gasteiger charge is 2.46. The molecule has 0 unspecified atom stereocenters. The van der Waals surface area contributed by atoms with Crippen molar-refractivity contribution in [3.8, 4) is 5.75 Å². The number of aliphatic carboxylic acids is 1. The minimum atomic E-state index is -4.58. The number of aryl methyl sites for hydroxylation is 1. The van der Waals surface area contributed by atoms with Gasteiger partial charge >= 0.3 is 12.1 Å². The number of carboxylic acid groups (broad SMARTS) is 1. The molecule has 0 radical (unpaired) electrons. The first-order valence-electron chi connectivity index (χ1n) is 12.2. The van der Waals surface area contributed by atoms with Crippen molar-refractivity contribution in [2.24, 2.45) is 0 Å². The first kappa shape index (κ1) is 29.2. The Balaban J connectivity index is 1.59. The van der Waals surface area contributed by atoms with E-state index in [0.29, 0.717) is 28.7 Å². The van der Waals surface area contributed by atoms with Crippen LogP contribution in [0.2, 0.25) is 0 Å². The standard InChI is InChI=1S/C24H31N5O7S3/c1-15-19(13-25-27-15)39(34,35)29(21(30)20-26-24(2,3)14-38-20)18(22(31)32)12-16-4-6-17(7-5-16)36-23(33)28-8-10-37-11-9-28/h4-7,13,18,20,26H,8-12,14H2,1-3H3,(H,25,27)(H,31,32)/t18-,20-/m0/s1. The molecule has 2 aliphatic rings. The number of aromatic nitrogens is 2. The lowest BCUT2D eigenvalue weighted by molar-refractivity contribution is -0.146. The summed E-state index contributed by atoms with van der Waals surface area (Å²) in [6, 6.07) is 4.40. The molecule has 3 N–H and O–H groups in total. The molecule has 39 heavy (non-hydrogen) atoms. The predicted octanol–water partition coefficient (Wildman–Crippen LogP) is 1.92. The summed E-state index contributed by atoms with van der Waals surface area (Å²) in [4.78, 5) is 39.9. The van der Waals surface area contributed by atoms with Gasteiger partial charge in [0.2, 0.25) is 0 Å². The van der Waals surface area contributed by atoms with Crippen LogP contribution in [-0.4, -0.2) is 98.2 Å². The van der Waals surface area contributed by atoms with Gasteiger partial charge in [-0.25, -0.2) is 22.3 Å². The van der Waals surface area contributed by atoms with Gasteiger partial charge in [-0.2, -0.15) is 16.9 Å². The van der Waals surface area contributed by atoms with Crippen molar-refractivity contribution in [3.05, 3.63) is 41.7 Å². The average Bonchev–Trinajstić information content (AvgIpc) is 3.50. The fourth-order valence-electron chi connectivity index (χ4n) is 4.23. The SMILES string of the molecule is Cc1n[nH]cc1S(=O)(=O)N(C(=O)[C@H]1NC(C)(C)CS1)[C@@H](Cc1ccc(OC(=O)N2CCSCC2)cc1)C(=O)O. The number of nitrogens with one attached hydrogen (secondary N) is 2. The largest absolute Gasteiger partial charge is 0.480 e. The Morgan fingerprint density at radius 3 is 2.44 bits per heavy atom. The van der Waals surface area contributed by atoms with Crippen LogP contribution in [0.3, 0.4) is 0 Å². The first-order chi connectivity index (χ1) is 18.4. The second kappa shape index (κ2) is 11.8. The van der Waals surface area contributed by atoms with E-state index in [1.807, 2.05) is 13.8 Å². The number of amides is 2. The van der Waals surface area contributed by atoms with E-state index in [-0.39, 0.29) is 22.8 Å². The number of hydrogen-bond donors (Lipinski definition) is 3. The van der Waals surface area contributed by atoms with Gasteiger partial charge in [-0.15, -0.1) is 11.8 Å². The number of ether oxygens (including phenoxy) is 1. The van der Waals surface area contributed by atoms with Crippen LogP contribution < -0.4 is 10.1 Å². The summed E-state index contributed by atoms with van der Waals surface area (Å²) in [5, 5.41) is 18.6. The van der Waals surface area contributed by atoms with Crippen LogP contribution in [0.25, 0.3) is 0 Å². The molecule has 0 aliphatic carbocycles. The number of aromatic amines is 1. The normalized spacial score (nSPS) is 19.9. The number of hydrogen-bond acceptors (Lipinski definition) is 10. The lowest BCUT2D eigenvalue weighted by atomic mass is 10.1. The van der Waals surface area contributed by atoms with Gasteiger partial charge in [0.05, 0.1) is 5.69 Å². The van der Waals surface area contributed by atoms with Crippen molar-refractivity contribution >= 4 is 51.5 Å². The molecule has 2 atom stereocenters. The molecular formula is C24H31N5O7S3. The molecule has 12 nitrogen and oxygen atoms in total. The maximum Gasteiger partial charge on any atom is 0.415 e. The molecule has 4 rings (SSSR count).